The molecule has 1 aliphatic heterocycles. The van der Waals surface area contributed by atoms with Gasteiger partial charge in [-0.05, 0) is 24.6 Å². The molecule has 2 amide bonds. The maximum absolute atomic E-state index is 13.4. The summed E-state index contributed by atoms with van der Waals surface area (Å²) >= 11 is 0. The van der Waals surface area contributed by atoms with Crippen LogP contribution in [0.25, 0.3) is 0 Å². The number of amides is 2. The van der Waals surface area contributed by atoms with E-state index >= 15 is 0 Å². The topological polar surface area (TPSA) is 245 Å². The molecule has 18 heteroatoms. The van der Waals surface area contributed by atoms with Crippen molar-refractivity contribution in [3.8, 4) is 0 Å². The number of imide groups is 1. The van der Waals surface area contributed by atoms with Crippen molar-refractivity contribution in [2.24, 2.45) is 0 Å². The van der Waals surface area contributed by atoms with E-state index in [0.29, 0.717) is 4.90 Å². The molecular weight excluding hydrogens is 658 g/mol. The second kappa shape index (κ2) is 14.1. The lowest BCUT2D eigenvalue weighted by Crippen LogP contribution is -2.46. The summed E-state index contributed by atoms with van der Waals surface area (Å²) in [5, 5.41) is 22.0. The van der Waals surface area contributed by atoms with Crippen molar-refractivity contribution in [1.82, 2.24) is 4.90 Å². The highest BCUT2D eigenvalue weighted by atomic mass is 32.2. The molecule has 4 rings (SSSR count). The van der Waals surface area contributed by atoms with Crippen LogP contribution in [-0.2, 0) is 24.1 Å². The highest BCUT2D eigenvalue weighted by Gasteiger charge is 2.44. The fourth-order valence-electron chi connectivity index (χ4n) is 4.55. The Labute approximate surface area is 270 Å². The number of carbonyl (C=O) groups excluding carboxylic acids is 6. The number of nitro groups is 2. The van der Waals surface area contributed by atoms with Crippen molar-refractivity contribution >= 4 is 56.5 Å². The number of benzene rings is 3. The molecule has 3 aromatic carbocycles. The summed E-state index contributed by atoms with van der Waals surface area (Å²) in [6, 6.07) is 10.6. The van der Waals surface area contributed by atoms with Gasteiger partial charge in [-0.3, -0.25) is 44.3 Å². The number of ether oxygens (including phenoxy) is 2. The van der Waals surface area contributed by atoms with Crippen molar-refractivity contribution in [3.63, 3.8) is 0 Å². The van der Waals surface area contributed by atoms with Crippen molar-refractivity contribution in [2.45, 2.75) is 12.5 Å². The van der Waals surface area contributed by atoms with Crippen LogP contribution in [0.3, 0.4) is 0 Å². The fraction of sp³-hybridized carbons (Fsp3) is 0.200. The monoisotopic (exact) mass is 681 g/mol. The number of fused-ring (bicyclic) bond motifs is 1. The molecule has 0 radical (unpaired) electrons. The zero-order chi connectivity index (χ0) is 35.3. The quantitative estimate of drug-likeness (QED) is 0.0780. The number of hydrogen-bond acceptors (Lipinski definition) is 14. The van der Waals surface area contributed by atoms with E-state index in [2.05, 4.69) is 0 Å². The van der Waals surface area contributed by atoms with Gasteiger partial charge in [0, 0.05) is 41.6 Å². The first kappa shape index (κ1) is 34.7. The number of Topliss-reactive ketones (excluding diaryl/α,β-unsaturated/α-hetero) is 2. The molecule has 0 bridgehead atoms. The summed E-state index contributed by atoms with van der Waals surface area (Å²) in [5.41, 5.74) is -1.91. The predicted octanol–water partition coefficient (Wildman–Crippen LogP) is 2.37. The molecule has 0 aliphatic carbocycles. The van der Waals surface area contributed by atoms with Gasteiger partial charge in [-0.2, -0.15) is 0 Å². The molecule has 48 heavy (non-hydrogen) atoms. The van der Waals surface area contributed by atoms with Crippen LogP contribution in [-0.4, -0.2) is 89.7 Å². The molecule has 0 unspecified atom stereocenters. The Hall–Kier alpha value is -6.17. The van der Waals surface area contributed by atoms with E-state index in [9.17, 15) is 57.4 Å². The van der Waals surface area contributed by atoms with Crippen LogP contribution in [0, 0.1) is 20.2 Å². The Morgan fingerprint density at radius 1 is 0.750 bits per heavy atom. The number of ketones is 2. The lowest BCUT2D eigenvalue weighted by Gasteiger charge is -2.24. The zero-order valence-electron chi connectivity index (χ0n) is 24.7. The summed E-state index contributed by atoms with van der Waals surface area (Å²) in [7, 11) is -3.74. The fourth-order valence-corrected chi connectivity index (χ4v) is 5.20. The molecule has 17 nitrogen and oxygen atoms in total. The van der Waals surface area contributed by atoms with Crippen LogP contribution in [0.5, 0.6) is 0 Å². The first-order valence-electron chi connectivity index (χ1n) is 13.7. The minimum absolute atomic E-state index is 0.0961. The smallest absolute Gasteiger partial charge is 0.338 e. The molecule has 248 valence electrons. The Morgan fingerprint density at radius 3 is 1.79 bits per heavy atom. The molecule has 1 aliphatic rings. The maximum atomic E-state index is 13.4. The van der Waals surface area contributed by atoms with Crippen LogP contribution in [0.4, 0.5) is 11.4 Å². The van der Waals surface area contributed by atoms with Gasteiger partial charge in [0.15, 0.2) is 13.2 Å². The predicted molar refractivity (Wildman–Crippen MR) is 161 cm³/mol. The first-order chi connectivity index (χ1) is 22.6. The molecule has 1 heterocycles. The Morgan fingerprint density at radius 2 is 1.27 bits per heavy atom. The van der Waals surface area contributed by atoms with Gasteiger partial charge in [0.25, 0.3) is 23.2 Å². The lowest BCUT2D eigenvalue weighted by molar-refractivity contribution is -0.385. The summed E-state index contributed by atoms with van der Waals surface area (Å²) in [6.45, 7) is -1.77. The summed E-state index contributed by atoms with van der Waals surface area (Å²) in [4.78, 5) is 98.5. The van der Waals surface area contributed by atoms with Gasteiger partial charge in [-0.25, -0.2) is 18.0 Å². The Balaban J connectivity index is 1.50. The minimum Gasteiger partial charge on any atom is -0.456 e. The molecule has 0 fully saturated rings. The number of non-ortho nitro benzene ring substituents is 2. The van der Waals surface area contributed by atoms with Gasteiger partial charge < -0.3 is 9.47 Å². The number of rotatable bonds is 14. The number of nitrogens with zero attached hydrogens (tertiary/aromatic N) is 3. The van der Waals surface area contributed by atoms with Gasteiger partial charge in [-0.15, -0.1) is 0 Å². The average molecular weight is 682 g/mol. The van der Waals surface area contributed by atoms with Crippen molar-refractivity contribution in [1.29, 1.82) is 0 Å². The average Bonchev–Trinajstić information content (AvgIpc) is 3.30. The van der Waals surface area contributed by atoms with E-state index < -0.39 is 92.1 Å². The van der Waals surface area contributed by atoms with Crippen molar-refractivity contribution < 1.29 is 56.5 Å². The van der Waals surface area contributed by atoms with Crippen LogP contribution >= 0.6 is 0 Å². The second-order valence-corrected chi connectivity index (χ2v) is 12.6. The van der Waals surface area contributed by atoms with E-state index in [-0.39, 0.29) is 33.5 Å². The third-order valence-corrected chi connectivity index (χ3v) is 7.91. The molecule has 0 saturated carbocycles. The summed E-state index contributed by atoms with van der Waals surface area (Å²) in [6.07, 6.45) is 0.244. The molecular formula is C30H23N3O14S. The van der Waals surface area contributed by atoms with Crippen molar-refractivity contribution in [3.05, 3.63) is 115 Å². The standard InChI is InChI=1S/C30H23N3O14S/c1-48(44,45)11-10-24(30(39)47-16-26(35)18-5-3-7-21(13-18)33(42)43)31-27(36)22-9-8-19(14-23(22)28(31)37)29(38)46-15-25(34)17-4-2-6-20(12-17)32(40)41/h2-9,12-14,24H,10-11,15-16H2,1H3/t24-/m1/s1. The Bertz CT molecular complexity index is 2010. The highest BCUT2D eigenvalue weighted by molar-refractivity contribution is 7.90. The third-order valence-electron chi connectivity index (χ3n) is 6.94. The molecule has 1 atom stereocenters. The van der Waals surface area contributed by atoms with Crippen LogP contribution in [0.1, 0.15) is 58.2 Å². The summed E-state index contributed by atoms with van der Waals surface area (Å²) in [5.74, 6) is -6.83. The van der Waals surface area contributed by atoms with E-state index in [0.717, 1.165) is 42.7 Å². The van der Waals surface area contributed by atoms with Gasteiger partial charge in [0.1, 0.15) is 15.9 Å². The molecule has 0 spiro atoms. The van der Waals surface area contributed by atoms with Gasteiger partial charge in [0.2, 0.25) is 11.6 Å². The zero-order valence-corrected chi connectivity index (χ0v) is 25.5. The van der Waals surface area contributed by atoms with Crippen molar-refractivity contribution in [2.75, 3.05) is 25.2 Å². The third kappa shape index (κ3) is 7.97. The number of esters is 2. The molecule has 0 aromatic heterocycles. The van der Waals surface area contributed by atoms with Crippen LogP contribution in [0.15, 0.2) is 66.7 Å². The number of nitro benzene ring substituents is 2. The van der Waals surface area contributed by atoms with Crippen LogP contribution < -0.4 is 0 Å². The summed E-state index contributed by atoms with van der Waals surface area (Å²) < 4.78 is 33.8. The highest BCUT2D eigenvalue weighted by Crippen LogP contribution is 2.28. The second-order valence-electron chi connectivity index (χ2n) is 10.3. The number of hydrogen-bond donors (Lipinski definition) is 0. The maximum Gasteiger partial charge on any atom is 0.338 e. The normalized spacial score (nSPS) is 13.0. The van der Waals surface area contributed by atoms with E-state index in [1.807, 2.05) is 0 Å². The van der Waals surface area contributed by atoms with E-state index in [1.54, 1.807) is 0 Å². The van der Waals surface area contributed by atoms with Gasteiger partial charge in [0.05, 0.1) is 32.3 Å². The van der Waals surface area contributed by atoms with E-state index in [1.165, 1.54) is 30.3 Å². The molecule has 0 saturated heterocycles. The number of carbonyl (C=O) groups is 6. The van der Waals surface area contributed by atoms with Gasteiger partial charge >= 0.3 is 11.9 Å². The van der Waals surface area contributed by atoms with Crippen LogP contribution in [0.2, 0.25) is 0 Å². The first-order valence-corrected chi connectivity index (χ1v) is 15.7. The van der Waals surface area contributed by atoms with E-state index in [4.69, 9.17) is 9.47 Å². The SMILES string of the molecule is CS(=O)(=O)CC[C@H](C(=O)OCC(=O)c1cccc([N+](=O)[O-])c1)N1C(=O)c2ccc(C(=O)OCC(=O)c3cccc([N+](=O)[O-])c3)cc2C1=O. The largest absolute Gasteiger partial charge is 0.456 e. The lowest BCUT2D eigenvalue weighted by atomic mass is 10.1. The Kier molecular flexibility index (Phi) is 10.2. The molecule has 0 N–H and O–H groups in total. The number of sulfone groups is 1. The minimum atomic E-state index is -3.74. The molecule has 3 aromatic rings. The van der Waals surface area contributed by atoms with Gasteiger partial charge in [-0.1, -0.05) is 24.3 Å².